The number of rotatable bonds is 3. The van der Waals surface area contributed by atoms with Crippen LogP contribution in [0, 0.1) is 0 Å². The molecule has 7 heteroatoms. The van der Waals surface area contributed by atoms with Crippen molar-refractivity contribution >= 4 is 34.9 Å². The van der Waals surface area contributed by atoms with E-state index < -0.39 is 5.91 Å². The van der Waals surface area contributed by atoms with E-state index >= 15 is 0 Å². The van der Waals surface area contributed by atoms with E-state index in [0.717, 1.165) is 4.34 Å². The second-order valence-electron chi connectivity index (χ2n) is 2.93. The Morgan fingerprint density at radius 2 is 2.25 bits per heavy atom. The predicted molar refractivity (Wildman–Crippen MR) is 63.4 cm³/mol. The fourth-order valence-corrected chi connectivity index (χ4v) is 2.72. The van der Waals surface area contributed by atoms with Crippen LogP contribution in [0.1, 0.15) is 10.4 Å². The van der Waals surface area contributed by atoms with Gasteiger partial charge in [-0.15, -0.1) is 0 Å². The maximum absolute atomic E-state index is 11.2. The van der Waals surface area contributed by atoms with Crippen molar-refractivity contribution in [3.63, 3.8) is 0 Å². The number of hydrogen-bond donors (Lipinski definition) is 2. The summed E-state index contributed by atoms with van der Waals surface area (Å²) in [4.78, 5) is 15.9. The highest BCUT2D eigenvalue weighted by atomic mass is 32.2. The summed E-state index contributed by atoms with van der Waals surface area (Å²) in [5.74, 6) is -0.480. The Bertz CT molecular complexity index is 512. The summed E-state index contributed by atoms with van der Waals surface area (Å²) in [6.07, 6.45) is 1.46. The van der Waals surface area contributed by atoms with Gasteiger partial charge in [0.05, 0.1) is 5.56 Å². The minimum Gasteiger partial charge on any atom is -0.399 e. The van der Waals surface area contributed by atoms with Crippen molar-refractivity contribution in [2.24, 2.45) is 5.73 Å². The Hall–Kier alpha value is -1.60. The first kappa shape index (κ1) is 10.9. The first-order valence-electron chi connectivity index (χ1n) is 4.30. The largest absolute Gasteiger partial charge is 0.399 e. The molecular formula is C9H8N4OS2. The van der Waals surface area contributed by atoms with Crippen molar-refractivity contribution in [3.05, 3.63) is 30.1 Å². The molecule has 0 aliphatic carbocycles. The lowest BCUT2D eigenvalue weighted by Gasteiger charge is -2.04. The molecule has 0 aliphatic heterocycles. The molecule has 5 nitrogen and oxygen atoms in total. The summed E-state index contributed by atoms with van der Waals surface area (Å²) >= 11 is 2.58. The summed E-state index contributed by atoms with van der Waals surface area (Å²) in [5.41, 5.74) is 11.9. The van der Waals surface area contributed by atoms with Gasteiger partial charge in [0.2, 0.25) is 5.91 Å². The molecule has 1 amide bonds. The molecule has 0 spiro atoms. The monoisotopic (exact) mass is 252 g/mol. The van der Waals surface area contributed by atoms with Crippen LogP contribution in [-0.4, -0.2) is 15.3 Å². The number of amides is 1. The van der Waals surface area contributed by atoms with Crippen molar-refractivity contribution in [1.29, 1.82) is 0 Å². The summed E-state index contributed by atoms with van der Waals surface area (Å²) in [6.45, 7) is 0. The van der Waals surface area contributed by atoms with Crippen LogP contribution >= 0.6 is 23.3 Å². The van der Waals surface area contributed by atoms with Gasteiger partial charge in [0.25, 0.3) is 0 Å². The molecule has 82 valence electrons. The van der Waals surface area contributed by atoms with Gasteiger partial charge in [0.1, 0.15) is 6.33 Å². The Labute approximate surface area is 100 Å². The third-order valence-corrected chi connectivity index (χ3v) is 3.58. The third-order valence-electron chi connectivity index (χ3n) is 1.81. The summed E-state index contributed by atoms with van der Waals surface area (Å²) in [7, 11) is 0. The molecule has 0 unspecified atom stereocenters. The van der Waals surface area contributed by atoms with Crippen LogP contribution in [0.3, 0.4) is 0 Å². The van der Waals surface area contributed by atoms with Gasteiger partial charge in [-0.05, 0) is 29.7 Å². The van der Waals surface area contributed by atoms with Crippen LogP contribution in [0.15, 0.2) is 33.8 Å². The van der Waals surface area contributed by atoms with Crippen LogP contribution in [0.25, 0.3) is 0 Å². The van der Waals surface area contributed by atoms with Crippen molar-refractivity contribution in [2.75, 3.05) is 5.73 Å². The number of nitrogens with two attached hydrogens (primary N) is 2. The van der Waals surface area contributed by atoms with E-state index in [0.29, 0.717) is 16.1 Å². The number of carbonyl (C=O) groups excluding carboxylic acids is 1. The molecular weight excluding hydrogens is 244 g/mol. The molecule has 0 aliphatic rings. The molecule has 1 aromatic heterocycles. The summed E-state index contributed by atoms with van der Waals surface area (Å²) in [5, 5.41) is 0. The molecule has 0 bridgehead atoms. The van der Waals surface area contributed by atoms with Crippen molar-refractivity contribution in [1.82, 2.24) is 9.36 Å². The van der Waals surface area contributed by atoms with Gasteiger partial charge in [-0.3, -0.25) is 4.79 Å². The Balaban J connectivity index is 2.38. The van der Waals surface area contributed by atoms with E-state index in [9.17, 15) is 4.79 Å². The van der Waals surface area contributed by atoms with Crippen molar-refractivity contribution < 1.29 is 4.79 Å². The quantitative estimate of drug-likeness (QED) is 0.804. The molecule has 0 saturated heterocycles. The topological polar surface area (TPSA) is 94.9 Å². The van der Waals surface area contributed by atoms with Crippen molar-refractivity contribution in [3.8, 4) is 0 Å². The van der Waals surface area contributed by atoms with E-state index in [1.807, 2.05) is 0 Å². The number of benzene rings is 1. The SMILES string of the molecule is NC(=O)c1ccc(N)cc1Sc1ncns1. The normalized spacial score (nSPS) is 10.2. The van der Waals surface area contributed by atoms with Crippen LogP contribution in [0.5, 0.6) is 0 Å². The molecule has 0 fully saturated rings. The third kappa shape index (κ3) is 2.31. The molecule has 2 rings (SSSR count). The zero-order chi connectivity index (χ0) is 11.5. The van der Waals surface area contributed by atoms with Gasteiger partial charge in [-0.2, -0.15) is 4.37 Å². The van der Waals surface area contributed by atoms with Gasteiger partial charge < -0.3 is 11.5 Å². The first-order chi connectivity index (χ1) is 7.66. The average Bonchev–Trinajstić information content (AvgIpc) is 2.70. The minimum absolute atomic E-state index is 0.439. The predicted octanol–water partition coefficient (Wildman–Crippen LogP) is 1.37. The minimum atomic E-state index is -0.480. The molecule has 4 N–H and O–H groups in total. The molecule has 2 aromatic rings. The van der Waals surface area contributed by atoms with E-state index in [4.69, 9.17) is 11.5 Å². The van der Waals surface area contributed by atoms with Gasteiger partial charge in [-0.1, -0.05) is 11.8 Å². The number of aromatic nitrogens is 2. The lowest BCUT2D eigenvalue weighted by atomic mass is 10.2. The second kappa shape index (κ2) is 4.50. The van der Waals surface area contributed by atoms with E-state index in [-0.39, 0.29) is 0 Å². The zero-order valence-corrected chi connectivity index (χ0v) is 9.72. The van der Waals surface area contributed by atoms with Gasteiger partial charge in [-0.25, -0.2) is 4.98 Å². The fraction of sp³-hybridized carbons (Fsp3) is 0. The molecule has 0 saturated carbocycles. The van der Waals surface area contributed by atoms with Gasteiger partial charge in [0.15, 0.2) is 4.34 Å². The van der Waals surface area contributed by atoms with Crippen LogP contribution in [0.2, 0.25) is 0 Å². The number of carbonyl (C=O) groups is 1. The molecule has 16 heavy (non-hydrogen) atoms. The number of nitrogens with zero attached hydrogens (tertiary/aromatic N) is 2. The van der Waals surface area contributed by atoms with Crippen LogP contribution in [0.4, 0.5) is 5.69 Å². The van der Waals surface area contributed by atoms with E-state index in [2.05, 4.69) is 9.36 Å². The average molecular weight is 252 g/mol. The van der Waals surface area contributed by atoms with Gasteiger partial charge >= 0.3 is 0 Å². The summed E-state index contributed by atoms with van der Waals surface area (Å²) < 4.78 is 4.62. The van der Waals surface area contributed by atoms with E-state index in [1.165, 1.54) is 29.6 Å². The fourth-order valence-electron chi connectivity index (χ4n) is 1.13. The van der Waals surface area contributed by atoms with Crippen LogP contribution in [-0.2, 0) is 0 Å². The maximum Gasteiger partial charge on any atom is 0.249 e. The molecule has 1 aromatic carbocycles. The Morgan fingerprint density at radius 3 is 2.88 bits per heavy atom. The maximum atomic E-state index is 11.2. The molecule has 1 heterocycles. The van der Waals surface area contributed by atoms with Gasteiger partial charge in [0, 0.05) is 10.6 Å². The smallest absolute Gasteiger partial charge is 0.249 e. The second-order valence-corrected chi connectivity index (χ2v) is 5.00. The highest BCUT2D eigenvalue weighted by Crippen LogP contribution is 2.32. The number of primary amides is 1. The summed E-state index contributed by atoms with van der Waals surface area (Å²) in [6, 6.07) is 4.96. The van der Waals surface area contributed by atoms with Crippen LogP contribution < -0.4 is 11.5 Å². The van der Waals surface area contributed by atoms with E-state index in [1.54, 1.807) is 18.2 Å². The molecule has 0 radical (unpaired) electrons. The zero-order valence-electron chi connectivity index (χ0n) is 8.08. The highest BCUT2D eigenvalue weighted by molar-refractivity contribution is 8.01. The lowest BCUT2D eigenvalue weighted by molar-refractivity contribution is 0.0997. The highest BCUT2D eigenvalue weighted by Gasteiger charge is 2.11. The van der Waals surface area contributed by atoms with Crippen molar-refractivity contribution in [2.45, 2.75) is 9.24 Å². The number of nitrogen functional groups attached to an aromatic ring is 1. The molecule has 0 atom stereocenters. The Morgan fingerprint density at radius 1 is 1.44 bits per heavy atom. The first-order valence-corrected chi connectivity index (χ1v) is 5.89. The number of anilines is 1. The lowest BCUT2D eigenvalue weighted by Crippen LogP contribution is -2.12. The standard InChI is InChI=1S/C9H8N4OS2/c10-5-1-2-6(8(11)14)7(3-5)15-9-12-4-13-16-9/h1-4H,10H2,(H2,11,14). The number of hydrogen-bond acceptors (Lipinski definition) is 6. The Kier molecular flexibility index (Phi) is 3.07.